The van der Waals surface area contributed by atoms with Crippen LogP contribution in [0.1, 0.15) is 19.4 Å². The average Bonchev–Trinajstić information content (AvgIpc) is 1.70. The molecule has 1 aliphatic heterocycles. The zero-order valence-electron chi connectivity index (χ0n) is 59.5. The summed E-state index contributed by atoms with van der Waals surface area (Å²) in [7, 11) is 0. The van der Waals surface area contributed by atoms with Crippen LogP contribution in [-0.2, 0) is 25.6 Å². The molecule has 0 saturated carbocycles. The first-order chi connectivity index (χ1) is 56.9. The third-order valence-electron chi connectivity index (χ3n) is 8.85. The molecule has 3 amide bonds. The minimum atomic E-state index is -5.08. The molecule has 1 aliphatic rings. The Bertz CT molecular complexity index is 6940. The van der Waals surface area contributed by atoms with Gasteiger partial charge in [-0.2, -0.15) is 13.2 Å². The Balaban J connectivity index is 0.00000390. The van der Waals surface area contributed by atoms with Gasteiger partial charge in [0.25, 0.3) is 11.8 Å². The summed E-state index contributed by atoms with van der Waals surface area (Å²) in [6.45, 7) is 3.71. The topological polar surface area (TPSA) is 130 Å². The predicted octanol–water partition coefficient (Wildman–Crippen LogP) is 1.40. The number of carbonyl (C=O) groups excluding carboxylic acids is 3. The molecule has 2 rings (SSSR count). The number of nitrogens with zero attached hydrogens (tertiary/aromatic N) is 1. The second-order valence-corrected chi connectivity index (χ2v) is 16.6. The maximum Gasteiger partial charge on any atom is 0.490 e. The fourth-order valence-corrected chi connectivity index (χ4v) is 4.72. The van der Waals surface area contributed by atoms with Crippen LogP contribution < -0.4 is 11.1 Å². The van der Waals surface area contributed by atoms with Gasteiger partial charge in [-0.3, -0.25) is 19.3 Å². The second kappa shape index (κ2) is 75.5. The molecule has 0 aliphatic carbocycles. The molecule has 1 heterocycles. The fourth-order valence-electron chi connectivity index (χ4n) is 4.72. The first-order valence-electron chi connectivity index (χ1n) is 30.2. The second-order valence-electron chi connectivity index (χ2n) is 16.6. The van der Waals surface area contributed by atoms with Gasteiger partial charge in [-0.25, -0.2) is 4.79 Å². The molecule has 11 heteroatoms. The Morgan fingerprint density at radius 1 is 0.310 bits per heavy atom. The van der Waals surface area contributed by atoms with Gasteiger partial charge >= 0.3 is 12.1 Å². The molecule has 4 N–H and O–H groups in total. The van der Waals surface area contributed by atoms with Crippen molar-refractivity contribution in [2.24, 2.45) is 5.73 Å². The largest absolute Gasteiger partial charge is 0.490 e. The van der Waals surface area contributed by atoms with Gasteiger partial charge in [0.15, 0.2) is 0 Å². The Morgan fingerprint density at radius 3 is 0.595 bits per heavy atom. The Hall–Kier alpha value is -22.1. The van der Waals surface area contributed by atoms with Gasteiger partial charge in [-0.15, -0.1) is 0 Å². The lowest BCUT2D eigenvalue weighted by Gasteiger charge is -2.16. The van der Waals surface area contributed by atoms with Gasteiger partial charge < -0.3 is 16.2 Å². The zero-order valence-corrected chi connectivity index (χ0v) is 59.5. The molecular formula is C105H24F3N3O5. The minimum Gasteiger partial charge on any atom is -0.475 e. The van der Waals surface area contributed by atoms with Gasteiger partial charge in [0.2, 0.25) is 5.91 Å². The molecule has 0 bridgehead atoms. The Kier molecular flexibility index (Phi) is 61.1. The summed E-state index contributed by atoms with van der Waals surface area (Å²) in [5, 5.41) is 9.76. The SMILES string of the molecule is CC#CC#CC#CC#CC#CC#CC#CC#CC#CC#CC#CC#CC#CC#CC#CC#CC#CC#CC#CC#CC#CC#CC#CC#CC#CC#CC#CC#CC#CC#CC#CC#CC#CC#CC#CC#CC#CC#CC#CC#CC#CC#CC#CC.N[C@@H](Cc1ccccc1)C(=O)NCCN1C(=O)C=CC1=O.O=C(O)C(F)(F)F. The van der Waals surface area contributed by atoms with Gasteiger partial charge in [0.1, 0.15) is 0 Å². The van der Waals surface area contributed by atoms with Crippen LogP contribution in [-0.4, -0.2) is 59.0 Å². The van der Waals surface area contributed by atoms with Crippen molar-refractivity contribution in [2.45, 2.75) is 32.5 Å². The highest BCUT2D eigenvalue weighted by molar-refractivity contribution is 6.12. The van der Waals surface area contributed by atoms with Crippen LogP contribution >= 0.6 is 0 Å². The number of amides is 3. The van der Waals surface area contributed by atoms with Crippen LogP contribution in [0.5, 0.6) is 0 Å². The van der Waals surface area contributed by atoms with Crippen molar-refractivity contribution >= 4 is 23.7 Å². The average molecular weight is 1460 g/mol. The van der Waals surface area contributed by atoms with Gasteiger partial charge in [0, 0.05) is 428 Å². The maximum absolute atomic E-state index is 11.8. The van der Waals surface area contributed by atoms with E-state index in [1.807, 2.05) is 30.3 Å². The van der Waals surface area contributed by atoms with Crippen molar-refractivity contribution in [1.82, 2.24) is 10.2 Å². The summed E-state index contributed by atoms with van der Waals surface area (Å²) in [6.07, 6.45) is -2.22. The van der Waals surface area contributed by atoms with Gasteiger partial charge in [0.05, 0.1) is 6.04 Å². The molecule has 0 unspecified atom stereocenters. The molecule has 510 valence electrons. The summed E-state index contributed by atoms with van der Waals surface area (Å²) in [6, 6.07) is 8.82. The molecule has 0 spiro atoms. The number of halogens is 3. The van der Waals surface area contributed by atoms with E-state index in [-0.39, 0.29) is 30.8 Å². The summed E-state index contributed by atoms with van der Waals surface area (Å²) in [5.74, 6) is 212. The number of alkyl halides is 3. The van der Waals surface area contributed by atoms with Crippen LogP contribution in [0.25, 0.3) is 0 Å². The number of nitrogens with one attached hydrogen (secondary N) is 1. The number of carboxylic acid groups (broad SMARTS) is 1. The van der Waals surface area contributed by atoms with Crippen LogP contribution in [0, 0.1) is 509 Å². The van der Waals surface area contributed by atoms with E-state index in [2.05, 4.69) is 514 Å². The third kappa shape index (κ3) is 70.3. The number of nitrogens with two attached hydrogens (primary N) is 1. The normalized spacial score (nSPS) is 6.48. The van der Waals surface area contributed by atoms with Crippen molar-refractivity contribution in [3.63, 3.8) is 0 Å². The highest BCUT2D eigenvalue weighted by atomic mass is 19.4. The van der Waals surface area contributed by atoms with E-state index in [1.54, 1.807) is 13.8 Å². The van der Waals surface area contributed by atoms with Gasteiger partial charge in [-0.05, 0) is 121 Å². The molecule has 1 aromatic carbocycles. The summed E-state index contributed by atoms with van der Waals surface area (Å²) >= 11 is 0. The number of carboxylic acids is 1. The molecule has 1 aromatic rings. The lowest BCUT2D eigenvalue weighted by molar-refractivity contribution is -0.192. The van der Waals surface area contributed by atoms with E-state index in [9.17, 15) is 27.6 Å². The minimum absolute atomic E-state index is 0.147. The summed E-state index contributed by atoms with van der Waals surface area (Å²) < 4.78 is 31.7. The molecule has 8 nitrogen and oxygen atoms in total. The van der Waals surface area contributed by atoms with Crippen LogP contribution in [0.3, 0.4) is 0 Å². The van der Waals surface area contributed by atoms with Crippen molar-refractivity contribution < 1.29 is 37.5 Å². The summed E-state index contributed by atoms with van der Waals surface area (Å²) in [4.78, 5) is 44.4. The smallest absolute Gasteiger partial charge is 0.475 e. The van der Waals surface area contributed by atoms with E-state index in [1.165, 1.54) is 12.2 Å². The number of rotatable bonds is 6. The number of hydrogen-bond donors (Lipinski definition) is 3. The Labute approximate surface area is 675 Å². The number of imide groups is 1. The highest BCUT2D eigenvalue weighted by Crippen LogP contribution is 2.13. The van der Waals surface area contributed by atoms with Crippen molar-refractivity contribution in [1.29, 1.82) is 0 Å². The maximum atomic E-state index is 11.8. The monoisotopic (exact) mass is 1460 g/mol. The van der Waals surface area contributed by atoms with Crippen LogP contribution in [0.4, 0.5) is 13.2 Å². The van der Waals surface area contributed by atoms with Crippen molar-refractivity contribution in [3.05, 3.63) is 48.0 Å². The molecule has 0 radical (unpaired) electrons. The highest BCUT2D eigenvalue weighted by Gasteiger charge is 2.38. The van der Waals surface area contributed by atoms with E-state index in [4.69, 9.17) is 15.6 Å². The third-order valence-corrected chi connectivity index (χ3v) is 8.85. The number of aliphatic carboxylic acids is 1. The quantitative estimate of drug-likeness (QED) is 0.292. The van der Waals surface area contributed by atoms with Gasteiger partial charge in [-0.1, -0.05) is 42.2 Å². The Morgan fingerprint density at radius 2 is 0.457 bits per heavy atom. The van der Waals surface area contributed by atoms with E-state index in [0.29, 0.717) is 6.42 Å². The first kappa shape index (κ1) is 93.9. The standard InChI is InChI=1S/C88H6.C15H17N3O3.C2HF3O2/c1-3-5-7-9-11-13-15-17-19-21-23-25-27-29-31-33-35-37-39-41-43-45-47-49-51-53-55-57-59-61-63-65-67-69-71-73-75-77-79-81-83-85-87-88-86-84-82-80-78-76-74-72-70-68-66-64-62-60-58-56-54-52-50-48-46-44-42-40-38-36-34-32-30-28-26-24-22-20-18-16-14-12-10-8-6-4-2;16-12(10-11-4-2-1-3-5-11)15(21)17-8-9-18-13(19)6-7-14(18)20;3-2(4,5)1(6)7/h1-2H3;1-7,12H,8-10,16H2,(H,17,21);(H,6,7)/t;12-;/m.0./s1. The molecule has 0 aromatic heterocycles. The number of carbonyl (C=O) groups is 4. The predicted molar refractivity (Wildman–Crippen MR) is 436 cm³/mol. The molecule has 0 saturated heterocycles. The number of hydrogen-bond acceptors (Lipinski definition) is 5. The molecular weight excluding hydrogens is 1440 g/mol. The first-order valence-corrected chi connectivity index (χ1v) is 30.2. The lowest BCUT2D eigenvalue weighted by Crippen LogP contribution is -2.45. The molecule has 0 fully saturated rings. The molecule has 1 atom stereocenters. The van der Waals surface area contributed by atoms with E-state index < -0.39 is 18.2 Å². The summed E-state index contributed by atoms with van der Waals surface area (Å²) in [5.41, 5.74) is 6.81. The number of benzene rings is 1. The lowest BCUT2D eigenvalue weighted by atomic mass is 10.1. The van der Waals surface area contributed by atoms with Crippen molar-refractivity contribution in [3.8, 4) is 509 Å². The van der Waals surface area contributed by atoms with Crippen LogP contribution in [0.15, 0.2) is 42.5 Å². The van der Waals surface area contributed by atoms with Crippen molar-refractivity contribution in [2.75, 3.05) is 13.1 Å². The fraction of sp³-hybridized carbons (Fsp3) is 0.0667. The molecule has 116 heavy (non-hydrogen) atoms. The van der Waals surface area contributed by atoms with Crippen LogP contribution in [0.2, 0.25) is 0 Å². The zero-order chi connectivity index (χ0) is 84.1. The van der Waals surface area contributed by atoms with E-state index >= 15 is 0 Å². The van der Waals surface area contributed by atoms with E-state index in [0.717, 1.165) is 10.5 Å².